The topological polar surface area (TPSA) is 84.5 Å². The van der Waals surface area contributed by atoms with E-state index in [4.69, 9.17) is 4.74 Å². The third-order valence-electron chi connectivity index (χ3n) is 4.74. The Morgan fingerprint density at radius 1 is 1.07 bits per heavy atom. The van der Waals surface area contributed by atoms with Crippen molar-refractivity contribution < 1.29 is 17.9 Å². The predicted molar refractivity (Wildman–Crippen MR) is 117 cm³/mol. The van der Waals surface area contributed by atoms with Gasteiger partial charge in [-0.15, -0.1) is 0 Å². The molecule has 0 aromatic heterocycles. The average Bonchev–Trinajstić information content (AvgIpc) is 2.69. The lowest BCUT2D eigenvalue weighted by molar-refractivity contribution is 0.102. The fraction of sp³-hybridized carbons (Fsp3) is 0.350. The summed E-state index contributed by atoms with van der Waals surface area (Å²) in [5.41, 5.74) is 0.898. The Morgan fingerprint density at radius 3 is 2.39 bits per heavy atom. The Kier molecular flexibility index (Phi) is 6.95. The molecule has 0 bridgehead atoms. The zero-order chi connectivity index (χ0) is 20.1. The second-order valence-corrected chi connectivity index (χ2v) is 9.71. The molecule has 1 aliphatic rings. The van der Waals surface area contributed by atoms with Crippen LogP contribution in [0.15, 0.2) is 47.4 Å². The minimum absolute atomic E-state index is 0.0177. The van der Waals surface area contributed by atoms with Gasteiger partial charge in [0.2, 0.25) is 10.0 Å². The highest BCUT2D eigenvalue weighted by Crippen LogP contribution is 2.27. The number of carbonyl (C=O) groups is 1. The minimum atomic E-state index is -3.79. The van der Waals surface area contributed by atoms with Crippen molar-refractivity contribution in [3.8, 4) is 5.75 Å². The molecule has 150 valence electrons. The first-order chi connectivity index (χ1) is 13.4. The fourth-order valence-electron chi connectivity index (χ4n) is 3.27. The maximum absolute atomic E-state index is 12.9. The molecular formula is C20H23IN2O4S. The largest absolute Gasteiger partial charge is 0.495 e. The molecule has 2 aromatic carbocycles. The van der Waals surface area contributed by atoms with Gasteiger partial charge in [0.25, 0.3) is 5.91 Å². The Balaban J connectivity index is 1.84. The van der Waals surface area contributed by atoms with Gasteiger partial charge in [0, 0.05) is 20.9 Å². The highest BCUT2D eigenvalue weighted by Gasteiger charge is 2.26. The number of methoxy groups -OCH3 is 1. The summed E-state index contributed by atoms with van der Waals surface area (Å²) in [7, 11) is -2.38. The molecule has 0 heterocycles. The zero-order valence-corrected chi connectivity index (χ0v) is 18.5. The third-order valence-corrected chi connectivity index (χ3v) is 7.01. The number of halogens is 1. The molecule has 0 atom stereocenters. The van der Waals surface area contributed by atoms with Crippen LogP contribution in [0.25, 0.3) is 0 Å². The molecule has 1 amide bonds. The van der Waals surface area contributed by atoms with Crippen LogP contribution < -0.4 is 14.8 Å². The van der Waals surface area contributed by atoms with Crippen LogP contribution in [0.1, 0.15) is 42.5 Å². The lowest BCUT2D eigenvalue weighted by Gasteiger charge is -2.23. The van der Waals surface area contributed by atoms with E-state index >= 15 is 0 Å². The van der Waals surface area contributed by atoms with Crippen molar-refractivity contribution in [3.63, 3.8) is 0 Å². The summed E-state index contributed by atoms with van der Waals surface area (Å²) in [6, 6.07) is 11.7. The van der Waals surface area contributed by atoms with E-state index in [2.05, 4.69) is 32.6 Å². The molecule has 2 aromatic rings. The van der Waals surface area contributed by atoms with Gasteiger partial charge in [-0.2, -0.15) is 0 Å². The first-order valence-corrected chi connectivity index (χ1v) is 11.7. The van der Waals surface area contributed by atoms with Crippen LogP contribution in [0, 0.1) is 3.57 Å². The van der Waals surface area contributed by atoms with Crippen LogP contribution in [0.2, 0.25) is 0 Å². The molecule has 1 saturated carbocycles. The van der Waals surface area contributed by atoms with Crippen molar-refractivity contribution in [2.75, 3.05) is 12.4 Å². The summed E-state index contributed by atoms with van der Waals surface area (Å²) in [5.74, 6) is -0.160. The van der Waals surface area contributed by atoms with Gasteiger partial charge in [0.1, 0.15) is 10.6 Å². The number of benzene rings is 2. The van der Waals surface area contributed by atoms with Crippen LogP contribution in [-0.2, 0) is 10.0 Å². The standard InChI is InChI=1S/C20H23IN2O4S/c1-27-18-12-7-14(20(24)22-16-10-8-15(21)9-11-16)13-19(18)28(25,26)23-17-5-3-2-4-6-17/h7-13,17,23H,2-6H2,1H3,(H,22,24). The number of rotatable bonds is 6. The molecule has 8 heteroatoms. The van der Waals surface area contributed by atoms with Gasteiger partial charge >= 0.3 is 0 Å². The summed E-state index contributed by atoms with van der Waals surface area (Å²) in [4.78, 5) is 12.6. The summed E-state index contributed by atoms with van der Waals surface area (Å²) < 4.78 is 34.9. The molecule has 2 N–H and O–H groups in total. The number of hydrogen-bond acceptors (Lipinski definition) is 4. The Bertz CT molecular complexity index is 939. The summed E-state index contributed by atoms with van der Waals surface area (Å²) in [6.45, 7) is 0. The van der Waals surface area contributed by atoms with Crippen molar-refractivity contribution >= 4 is 44.2 Å². The average molecular weight is 514 g/mol. The van der Waals surface area contributed by atoms with E-state index < -0.39 is 10.0 Å². The fourth-order valence-corrected chi connectivity index (χ4v) is 5.13. The zero-order valence-electron chi connectivity index (χ0n) is 15.6. The van der Waals surface area contributed by atoms with Gasteiger partial charge in [-0.1, -0.05) is 19.3 Å². The number of carbonyl (C=O) groups excluding carboxylic acids is 1. The molecule has 6 nitrogen and oxygen atoms in total. The molecular weight excluding hydrogens is 491 g/mol. The Morgan fingerprint density at radius 2 is 1.75 bits per heavy atom. The molecule has 28 heavy (non-hydrogen) atoms. The first-order valence-electron chi connectivity index (χ1n) is 9.16. The highest BCUT2D eigenvalue weighted by atomic mass is 127. The molecule has 1 fully saturated rings. The maximum atomic E-state index is 12.9. The number of amides is 1. The third kappa shape index (κ3) is 5.24. The van der Waals surface area contributed by atoms with Crippen LogP contribution >= 0.6 is 22.6 Å². The minimum Gasteiger partial charge on any atom is -0.495 e. The van der Waals surface area contributed by atoms with Gasteiger partial charge in [-0.25, -0.2) is 13.1 Å². The number of hydrogen-bond donors (Lipinski definition) is 2. The molecule has 0 saturated heterocycles. The van der Waals surface area contributed by atoms with Crippen molar-refractivity contribution in [1.29, 1.82) is 0 Å². The van der Waals surface area contributed by atoms with E-state index in [-0.39, 0.29) is 28.2 Å². The first kappa shape index (κ1) is 21.1. The van der Waals surface area contributed by atoms with E-state index in [1.54, 1.807) is 18.2 Å². The molecule has 0 radical (unpaired) electrons. The number of sulfonamides is 1. The monoisotopic (exact) mass is 514 g/mol. The van der Waals surface area contributed by atoms with E-state index in [1.807, 2.05) is 12.1 Å². The Labute approximate surface area is 179 Å². The number of anilines is 1. The summed E-state index contributed by atoms with van der Waals surface area (Å²) in [6.07, 6.45) is 4.82. The van der Waals surface area contributed by atoms with Gasteiger partial charge in [-0.05, 0) is 77.9 Å². The van der Waals surface area contributed by atoms with E-state index in [9.17, 15) is 13.2 Å². The summed E-state index contributed by atoms with van der Waals surface area (Å²) >= 11 is 2.18. The summed E-state index contributed by atoms with van der Waals surface area (Å²) in [5, 5.41) is 2.78. The van der Waals surface area contributed by atoms with Crippen LogP contribution in [0.4, 0.5) is 5.69 Å². The van der Waals surface area contributed by atoms with Gasteiger partial charge in [-0.3, -0.25) is 4.79 Å². The molecule has 0 aliphatic heterocycles. The van der Waals surface area contributed by atoms with E-state index in [1.165, 1.54) is 19.2 Å². The van der Waals surface area contributed by atoms with Crippen molar-refractivity contribution in [2.24, 2.45) is 0 Å². The lowest BCUT2D eigenvalue weighted by Crippen LogP contribution is -2.36. The van der Waals surface area contributed by atoms with Gasteiger partial charge in [0.15, 0.2) is 0 Å². The smallest absolute Gasteiger partial charge is 0.255 e. The maximum Gasteiger partial charge on any atom is 0.255 e. The molecule has 1 aliphatic carbocycles. The van der Waals surface area contributed by atoms with Gasteiger partial charge in [0.05, 0.1) is 7.11 Å². The molecule has 0 spiro atoms. The van der Waals surface area contributed by atoms with E-state index in [0.29, 0.717) is 5.69 Å². The predicted octanol–water partition coefficient (Wildman–Crippen LogP) is 4.16. The van der Waals surface area contributed by atoms with Crippen LogP contribution in [0.5, 0.6) is 5.75 Å². The van der Waals surface area contributed by atoms with Crippen LogP contribution in [-0.4, -0.2) is 27.5 Å². The van der Waals surface area contributed by atoms with Crippen molar-refractivity contribution in [1.82, 2.24) is 4.72 Å². The van der Waals surface area contributed by atoms with E-state index in [0.717, 1.165) is 35.7 Å². The highest BCUT2D eigenvalue weighted by molar-refractivity contribution is 14.1. The van der Waals surface area contributed by atoms with Crippen molar-refractivity contribution in [3.05, 3.63) is 51.6 Å². The normalized spacial score (nSPS) is 15.2. The molecule has 3 rings (SSSR count). The Hall–Kier alpha value is -1.65. The quantitative estimate of drug-likeness (QED) is 0.568. The molecule has 0 unspecified atom stereocenters. The second kappa shape index (κ2) is 9.23. The van der Waals surface area contributed by atoms with Gasteiger partial charge < -0.3 is 10.1 Å². The van der Waals surface area contributed by atoms with Crippen LogP contribution in [0.3, 0.4) is 0 Å². The number of nitrogens with one attached hydrogen (secondary N) is 2. The SMILES string of the molecule is COc1ccc(C(=O)Nc2ccc(I)cc2)cc1S(=O)(=O)NC1CCCCC1. The number of ether oxygens (including phenoxy) is 1. The van der Waals surface area contributed by atoms with Crippen molar-refractivity contribution in [2.45, 2.75) is 43.0 Å². The lowest BCUT2D eigenvalue weighted by atomic mass is 9.96. The second-order valence-electron chi connectivity index (χ2n) is 6.78.